The van der Waals surface area contributed by atoms with Crippen molar-refractivity contribution in [3.8, 4) is 5.75 Å². The second-order valence-electron chi connectivity index (χ2n) is 9.09. The molecule has 3 aromatic carbocycles. The Morgan fingerprint density at radius 3 is 2.16 bits per heavy atom. The van der Waals surface area contributed by atoms with Gasteiger partial charge in [-0.05, 0) is 55.1 Å². The van der Waals surface area contributed by atoms with E-state index in [0.717, 1.165) is 32.5 Å². The summed E-state index contributed by atoms with van der Waals surface area (Å²) in [5, 5.41) is 20.6. The fourth-order valence-corrected chi connectivity index (χ4v) is 4.49. The minimum Gasteiger partial charge on any atom is -0.482 e. The van der Waals surface area contributed by atoms with Crippen molar-refractivity contribution in [3.05, 3.63) is 102 Å². The van der Waals surface area contributed by atoms with E-state index in [4.69, 9.17) is 14.6 Å². The molecule has 0 saturated carbocycles. The minimum atomic E-state index is -2.06. The average Bonchev–Trinajstić information content (AvgIpc) is 2.92. The van der Waals surface area contributed by atoms with E-state index < -0.39 is 24.1 Å². The van der Waals surface area contributed by atoms with E-state index >= 15 is 0 Å². The van der Waals surface area contributed by atoms with Crippen molar-refractivity contribution in [1.29, 1.82) is 0 Å². The first kappa shape index (κ1) is 28.2. The molecule has 0 amide bonds. The Morgan fingerprint density at radius 1 is 0.892 bits per heavy atom. The standard InChI is InChI=1S/C29H31NO6.ClH/c31-27(32)21-35-26-13-7-12-25(18-26)29(34,24-10-5-2-6-11-24)28(33)36-20-23-14-16-30(17-15-23)19-22-8-3-1-4-9-22;/h1-13,18,23,34H,14-17,19-21H2,(H,31,32);1H/t29-;/m0./s1. The van der Waals surface area contributed by atoms with Crippen molar-refractivity contribution in [2.45, 2.75) is 25.0 Å². The van der Waals surface area contributed by atoms with Gasteiger partial charge >= 0.3 is 11.9 Å². The predicted octanol–water partition coefficient (Wildman–Crippen LogP) is 4.26. The van der Waals surface area contributed by atoms with Crippen LogP contribution in [-0.2, 0) is 26.5 Å². The smallest absolute Gasteiger partial charge is 0.347 e. The Balaban J connectivity index is 0.00000380. The van der Waals surface area contributed by atoms with Crippen LogP contribution >= 0.6 is 12.4 Å². The maximum absolute atomic E-state index is 13.4. The fraction of sp³-hybridized carbons (Fsp3) is 0.310. The van der Waals surface area contributed by atoms with Gasteiger partial charge in [-0.1, -0.05) is 72.8 Å². The van der Waals surface area contributed by atoms with Crippen molar-refractivity contribution >= 4 is 24.3 Å². The summed E-state index contributed by atoms with van der Waals surface area (Å²) in [6, 6.07) is 25.2. The van der Waals surface area contributed by atoms with Gasteiger partial charge in [0.05, 0.1) is 6.61 Å². The highest BCUT2D eigenvalue weighted by molar-refractivity contribution is 5.86. The number of benzene rings is 3. The molecule has 0 unspecified atom stereocenters. The van der Waals surface area contributed by atoms with Crippen LogP contribution in [0.25, 0.3) is 0 Å². The third-order valence-corrected chi connectivity index (χ3v) is 6.51. The monoisotopic (exact) mass is 525 g/mol. The van der Waals surface area contributed by atoms with E-state index in [-0.39, 0.29) is 36.2 Å². The number of likely N-dealkylation sites (tertiary alicyclic amines) is 1. The van der Waals surface area contributed by atoms with E-state index in [2.05, 4.69) is 17.0 Å². The zero-order valence-electron chi connectivity index (χ0n) is 20.5. The van der Waals surface area contributed by atoms with Gasteiger partial charge in [0, 0.05) is 12.1 Å². The molecule has 1 saturated heterocycles. The van der Waals surface area contributed by atoms with E-state index in [0.29, 0.717) is 5.56 Å². The summed E-state index contributed by atoms with van der Waals surface area (Å²) in [5.74, 6) is -1.43. The number of esters is 1. The molecule has 1 atom stereocenters. The Morgan fingerprint density at radius 2 is 1.51 bits per heavy atom. The number of hydrogen-bond acceptors (Lipinski definition) is 6. The number of rotatable bonds is 10. The summed E-state index contributed by atoms with van der Waals surface area (Å²) in [6.07, 6.45) is 1.81. The van der Waals surface area contributed by atoms with Crippen LogP contribution in [0, 0.1) is 5.92 Å². The number of aliphatic hydroxyl groups is 1. The number of piperidine rings is 1. The van der Waals surface area contributed by atoms with Crippen LogP contribution in [0.15, 0.2) is 84.9 Å². The second-order valence-corrected chi connectivity index (χ2v) is 9.09. The number of carbonyl (C=O) groups excluding carboxylic acids is 1. The second kappa shape index (κ2) is 13.2. The molecule has 4 rings (SSSR count). The van der Waals surface area contributed by atoms with Gasteiger partial charge in [0.15, 0.2) is 6.61 Å². The zero-order valence-corrected chi connectivity index (χ0v) is 21.3. The molecule has 0 bridgehead atoms. The van der Waals surface area contributed by atoms with Crippen molar-refractivity contribution in [2.24, 2.45) is 5.92 Å². The summed E-state index contributed by atoms with van der Waals surface area (Å²) in [5.41, 5.74) is -0.162. The number of ether oxygens (including phenoxy) is 2. The SMILES string of the molecule is Cl.O=C(O)COc1cccc([C@](O)(C(=O)OCC2CCN(Cc3ccccc3)CC2)c2ccccc2)c1. The molecule has 0 spiro atoms. The molecule has 0 radical (unpaired) electrons. The van der Waals surface area contributed by atoms with Gasteiger partial charge in [-0.2, -0.15) is 0 Å². The van der Waals surface area contributed by atoms with Gasteiger partial charge in [0.25, 0.3) is 0 Å². The first-order chi connectivity index (χ1) is 17.4. The lowest BCUT2D eigenvalue weighted by atomic mass is 9.86. The third-order valence-electron chi connectivity index (χ3n) is 6.51. The highest BCUT2D eigenvalue weighted by atomic mass is 35.5. The predicted molar refractivity (Wildman–Crippen MR) is 142 cm³/mol. The number of halogens is 1. The van der Waals surface area contributed by atoms with Gasteiger partial charge in [0.2, 0.25) is 5.60 Å². The van der Waals surface area contributed by atoms with Crippen LogP contribution in [0.5, 0.6) is 5.75 Å². The summed E-state index contributed by atoms with van der Waals surface area (Å²) in [6.45, 7) is 2.44. The molecule has 37 heavy (non-hydrogen) atoms. The van der Waals surface area contributed by atoms with Crippen LogP contribution < -0.4 is 4.74 Å². The van der Waals surface area contributed by atoms with E-state index in [9.17, 15) is 14.7 Å². The van der Waals surface area contributed by atoms with Crippen molar-refractivity contribution in [2.75, 3.05) is 26.3 Å². The molecule has 3 aromatic rings. The zero-order chi connectivity index (χ0) is 25.4. The molecular weight excluding hydrogens is 494 g/mol. The van der Waals surface area contributed by atoms with Gasteiger partial charge in [-0.15, -0.1) is 12.4 Å². The molecule has 1 heterocycles. The number of carboxylic acid groups (broad SMARTS) is 1. The van der Waals surface area contributed by atoms with Crippen molar-refractivity contribution in [1.82, 2.24) is 4.90 Å². The minimum absolute atomic E-state index is 0. The Bertz CT molecular complexity index is 1150. The Kier molecular flexibility index (Phi) is 10.1. The first-order valence-corrected chi connectivity index (χ1v) is 12.1. The van der Waals surface area contributed by atoms with Gasteiger partial charge in [-0.25, -0.2) is 9.59 Å². The molecule has 0 aliphatic carbocycles. The van der Waals surface area contributed by atoms with E-state index in [1.807, 2.05) is 18.2 Å². The maximum atomic E-state index is 13.4. The number of nitrogens with zero attached hydrogens (tertiary/aromatic N) is 1. The maximum Gasteiger partial charge on any atom is 0.347 e. The molecule has 0 aromatic heterocycles. The van der Waals surface area contributed by atoms with Gasteiger partial charge < -0.3 is 19.7 Å². The summed E-state index contributed by atoms with van der Waals surface area (Å²) < 4.78 is 11.0. The van der Waals surface area contributed by atoms with Crippen LogP contribution in [-0.4, -0.2) is 53.4 Å². The number of aliphatic carboxylic acids is 1. The van der Waals surface area contributed by atoms with E-state index in [1.165, 1.54) is 11.6 Å². The molecule has 1 aliphatic heterocycles. The molecule has 2 N–H and O–H groups in total. The Hall–Kier alpha value is -3.39. The fourth-order valence-electron chi connectivity index (χ4n) is 4.49. The van der Waals surface area contributed by atoms with Gasteiger partial charge in [0.1, 0.15) is 5.75 Å². The molecule has 196 valence electrons. The summed E-state index contributed by atoms with van der Waals surface area (Å²) in [4.78, 5) is 26.7. The highest BCUT2D eigenvalue weighted by Crippen LogP contribution is 2.33. The largest absolute Gasteiger partial charge is 0.482 e. The molecule has 8 heteroatoms. The lowest BCUT2D eigenvalue weighted by Crippen LogP contribution is -2.40. The first-order valence-electron chi connectivity index (χ1n) is 12.1. The van der Waals surface area contributed by atoms with Gasteiger partial charge in [-0.3, -0.25) is 4.90 Å². The molecule has 7 nitrogen and oxygen atoms in total. The topological polar surface area (TPSA) is 96.3 Å². The number of hydrogen-bond donors (Lipinski definition) is 2. The van der Waals surface area contributed by atoms with Crippen LogP contribution in [0.1, 0.15) is 29.5 Å². The lowest BCUT2D eigenvalue weighted by molar-refractivity contribution is -0.164. The van der Waals surface area contributed by atoms with Crippen LogP contribution in [0.3, 0.4) is 0 Å². The van der Waals surface area contributed by atoms with Crippen molar-refractivity contribution in [3.63, 3.8) is 0 Å². The average molecular weight is 526 g/mol. The van der Waals surface area contributed by atoms with Crippen molar-refractivity contribution < 1.29 is 29.3 Å². The summed E-state index contributed by atoms with van der Waals surface area (Å²) in [7, 11) is 0. The lowest BCUT2D eigenvalue weighted by Gasteiger charge is -2.33. The summed E-state index contributed by atoms with van der Waals surface area (Å²) >= 11 is 0. The molecule has 1 aliphatic rings. The van der Waals surface area contributed by atoms with E-state index in [1.54, 1.807) is 48.5 Å². The quantitative estimate of drug-likeness (QED) is 0.382. The van der Waals surface area contributed by atoms with Crippen LogP contribution in [0.2, 0.25) is 0 Å². The van der Waals surface area contributed by atoms with Crippen LogP contribution in [0.4, 0.5) is 0 Å². The normalized spacial score (nSPS) is 15.7. The highest BCUT2D eigenvalue weighted by Gasteiger charge is 2.42. The Labute approximate surface area is 223 Å². The third kappa shape index (κ3) is 7.32. The molecule has 1 fully saturated rings. The molecular formula is C29H32ClNO6. The number of carboxylic acids is 1. The number of carbonyl (C=O) groups is 2.